The highest BCUT2D eigenvalue weighted by Gasteiger charge is 2.22. The van der Waals surface area contributed by atoms with Crippen molar-refractivity contribution in [1.29, 1.82) is 0 Å². The predicted octanol–water partition coefficient (Wildman–Crippen LogP) is 2.45. The summed E-state index contributed by atoms with van der Waals surface area (Å²) in [4.78, 5) is 16.6. The summed E-state index contributed by atoms with van der Waals surface area (Å²) >= 11 is 0. The number of urea groups is 1. The first-order chi connectivity index (χ1) is 9.29. The summed E-state index contributed by atoms with van der Waals surface area (Å²) in [6.45, 7) is 7.09. The van der Waals surface area contributed by atoms with Crippen LogP contribution < -0.4 is 5.32 Å². The van der Waals surface area contributed by atoms with Crippen LogP contribution in [0.2, 0.25) is 0 Å². The lowest BCUT2D eigenvalue weighted by molar-refractivity contribution is 0.139. The largest absolute Gasteiger partial charge is 0.335 e. The van der Waals surface area contributed by atoms with E-state index in [0.29, 0.717) is 6.04 Å². The number of likely N-dealkylation sites (N-methyl/N-ethyl adjacent to an activating group) is 1. The van der Waals surface area contributed by atoms with Gasteiger partial charge in [-0.3, -0.25) is 0 Å². The number of hydrogen-bond donors (Lipinski definition) is 1. The van der Waals surface area contributed by atoms with Gasteiger partial charge in [0.25, 0.3) is 0 Å². The Morgan fingerprint density at radius 3 is 2.16 bits per heavy atom. The fourth-order valence-electron chi connectivity index (χ4n) is 3.13. The smallest absolute Gasteiger partial charge is 0.317 e. The molecule has 1 aliphatic heterocycles. The Morgan fingerprint density at radius 2 is 1.58 bits per heavy atom. The van der Waals surface area contributed by atoms with Crippen molar-refractivity contribution in [1.82, 2.24) is 15.1 Å². The zero-order valence-corrected chi connectivity index (χ0v) is 12.4. The molecule has 0 aromatic rings. The third-order valence-corrected chi connectivity index (χ3v) is 4.54. The minimum atomic E-state index is 0.168. The van der Waals surface area contributed by atoms with Crippen molar-refractivity contribution in [2.24, 2.45) is 0 Å². The summed E-state index contributed by atoms with van der Waals surface area (Å²) in [5.74, 6) is 0. The van der Waals surface area contributed by atoms with Crippen LogP contribution in [0.4, 0.5) is 4.79 Å². The molecule has 0 aromatic heterocycles. The molecular weight excluding hydrogens is 238 g/mol. The molecule has 2 fully saturated rings. The average molecular weight is 267 g/mol. The van der Waals surface area contributed by atoms with Crippen LogP contribution in [0.15, 0.2) is 0 Å². The molecule has 2 rings (SSSR count). The van der Waals surface area contributed by atoms with Crippen molar-refractivity contribution in [2.75, 3.05) is 32.7 Å². The normalized spacial score (nSPS) is 23.7. The van der Waals surface area contributed by atoms with E-state index in [4.69, 9.17) is 0 Å². The average Bonchev–Trinajstić information content (AvgIpc) is 2.41. The third-order valence-electron chi connectivity index (χ3n) is 4.54. The van der Waals surface area contributed by atoms with E-state index < -0.39 is 0 Å². The summed E-state index contributed by atoms with van der Waals surface area (Å²) in [6.07, 6.45) is 8.92. The number of piperazine rings is 1. The highest BCUT2D eigenvalue weighted by atomic mass is 16.2. The number of nitrogens with one attached hydrogen (secondary N) is 1. The number of carbonyl (C=O) groups is 1. The molecule has 1 aliphatic carbocycles. The van der Waals surface area contributed by atoms with E-state index >= 15 is 0 Å². The van der Waals surface area contributed by atoms with Gasteiger partial charge in [0.05, 0.1) is 0 Å². The Labute approximate surface area is 117 Å². The molecule has 19 heavy (non-hydrogen) atoms. The second-order valence-electron chi connectivity index (χ2n) is 5.91. The molecule has 1 N–H and O–H groups in total. The summed E-state index contributed by atoms with van der Waals surface area (Å²) in [5, 5.41) is 3.26. The summed E-state index contributed by atoms with van der Waals surface area (Å²) in [7, 11) is 0. The summed E-state index contributed by atoms with van der Waals surface area (Å²) < 4.78 is 0. The molecule has 4 nitrogen and oxygen atoms in total. The lowest BCUT2D eigenvalue weighted by Gasteiger charge is -2.35. The molecular formula is C15H29N3O. The maximum Gasteiger partial charge on any atom is 0.317 e. The molecule has 2 aliphatic rings. The van der Waals surface area contributed by atoms with Crippen molar-refractivity contribution in [3.63, 3.8) is 0 Å². The highest BCUT2D eigenvalue weighted by molar-refractivity contribution is 5.74. The predicted molar refractivity (Wildman–Crippen MR) is 78.3 cm³/mol. The molecule has 1 saturated carbocycles. The minimum absolute atomic E-state index is 0.168. The first-order valence-corrected chi connectivity index (χ1v) is 8.07. The van der Waals surface area contributed by atoms with Gasteiger partial charge in [0.15, 0.2) is 0 Å². The zero-order chi connectivity index (χ0) is 13.5. The molecule has 0 unspecified atom stereocenters. The molecule has 1 saturated heterocycles. The van der Waals surface area contributed by atoms with Crippen molar-refractivity contribution in [2.45, 2.75) is 57.9 Å². The molecule has 2 amide bonds. The zero-order valence-electron chi connectivity index (χ0n) is 12.4. The van der Waals surface area contributed by atoms with Crippen LogP contribution in [0.25, 0.3) is 0 Å². The van der Waals surface area contributed by atoms with Crippen LogP contribution in [0.5, 0.6) is 0 Å². The Hall–Kier alpha value is -0.770. The maximum absolute atomic E-state index is 12.3. The molecule has 0 bridgehead atoms. The van der Waals surface area contributed by atoms with Gasteiger partial charge in [-0.15, -0.1) is 0 Å². The number of nitrogens with zero attached hydrogens (tertiary/aromatic N) is 2. The monoisotopic (exact) mass is 267 g/mol. The van der Waals surface area contributed by atoms with Crippen LogP contribution >= 0.6 is 0 Å². The van der Waals surface area contributed by atoms with E-state index in [1.165, 1.54) is 44.9 Å². The van der Waals surface area contributed by atoms with Crippen LogP contribution in [0.3, 0.4) is 0 Å². The van der Waals surface area contributed by atoms with Crippen LogP contribution in [0.1, 0.15) is 51.9 Å². The molecule has 0 aromatic carbocycles. The van der Waals surface area contributed by atoms with Gasteiger partial charge in [0.2, 0.25) is 0 Å². The Kier molecular flexibility index (Phi) is 5.95. The van der Waals surface area contributed by atoms with Gasteiger partial charge in [-0.25, -0.2) is 4.79 Å². The minimum Gasteiger partial charge on any atom is -0.335 e. The lowest BCUT2D eigenvalue weighted by Crippen LogP contribution is -2.53. The molecule has 0 radical (unpaired) electrons. The first kappa shape index (κ1) is 14.6. The summed E-state index contributed by atoms with van der Waals surface area (Å²) in [6, 6.07) is 0.582. The van der Waals surface area contributed by atoms with Gasteiger partial charge in [0, 0.05) is 32.2 Å². The van der Waals surface area contributed by atoms with E-state index in [1.807, 2.05) is 4.90 Å². The Balaban J connectivity index is 1.73. The topological polar surface area (TPSA) is 35.6 Å². The molecule has 0 spiro atoms. The Morgan fingerprint density at radius 1 is 1.00 bits per heavy atom. The van der Waals surface area contributed by atoms with E-state index in [-0.39, 0.29) is 6.03 Å². The number of amides is 2. The second-order valence-corrected chi connectivity index (χ2v) is 5.91. The summed E-state index contributed by atoms with van der Waals surface area (Å²) in [5.41, 5.74) is 0. The highest BCUT2D eigenvalue weighted by Crippen LogP contribution is 2.17. The lowest BCUT2D eigenvalue weighted by atomic mass is 9.97. The Bertz CT molecular complexity index is 267. The van der Waals surface area contributed by atoms with Gasteiger partial charge in [-0.05, 0) is 19.4 Å². The van der Waals surface area contributed by atoms with Gasteiger partial charge in [-0.2, -0.15) is 0 Å². The van der Waals surface area contributed by atoms with Gasteiger partial charge >= 0.3 is 6.03 Å². The fraction of sp³-hybridized carbons (Fsp3) is 0.933. The number of hydrogen-bond acceptors (Lipinski definition) is 2. The third kappa shape index (κ3) is 4.68. The molecule has 110 valence electrons. The van der Waals surface area contributed by atoms with Crippen molar-refractivity contribution >= 4 is 6.03 Å². The molecule has 4 heteroatoms. The van der Waals surface area contributed by atoms with Gasteiger partial charge < -0.3 is 15.1 Å². The van der Waals surface area contributed by atoms with E-state index in [2.05, 4.69) is 17.1 Å². The molecule has 1 heterocycles. The van der Waals surface area contributed by atoms with Gasteiger partial charge in [-0.1, -0.05) is 39.0 Å². The van der Waals surface area contributed by atoms with Gasteiger partial charge in [0.1, 0.15) is 0 Å². The van der Waals surface area contributed by atoms with Crippen molar-refractivity contribution in [3.8, 4) is 0 Å². The first-order valence-electron chi connectivity index (χ1n) is 8.07. The SMILES string of the molecule is CCN1CCN(C(=O)NC2CCCCCCC2)CC1. The van der Waals surface area contributed by atoms with Crippen molar-refractivity contribution < 1.29 is 4.79 Å². The second kappa shape index (κ2) is 7.73. The number of carbonyl (C=O) groups excluding carboxylic acids is 1. The fourth-order valence-corrected chi connectivity index (χ4v) is 3.13. The number of rotatable bonds is 2. The van der Waals surface area contributed by atoms with E-state index in [1.54, 1.807) is 0 Å². The van der Waals surface area contributed by atoms with Crippen LogP contribution in [-0.4, -0.2) is 54.6 Å². The molecule has 0 atom stereocenters. The quantitative estimate of drug-likeness (QED) is 0.834. The van der Waals surface area contributed by atoms with E-state index in [9.17, 15) is 4.79 Å². The van der Waals surface area contributed by atoms with Crippen LogP contribution in [0, 0.1) is 0 Å². The van der Waals surface area contributed by atoms with Crippen molar-refractivity contribution in [3.05, 3.63) is 0 Å². The van der Waals surface area contributed by atoms with Crippen LogP contribution in [-0.2, 0) is 0 Å². The standard InChI is InChI=1S/C15H29N3O/c1-2-17-10-12-18(13-11-17)15(19)16-14-8-6-4-3-5-7-9-14/h14H,2-13H2,1H3,(H,16,19). The maximum atomic E-state index is 12.3. The van der Waals surface area contributed by atoms with E-state index in [0.717, 1.165) is 32.7 Å².